The van der Waals surface area contributed by atoms with Gasteiger partial charge in [0.1, 0.15) is 6.61 Å². The van der Waals surface area contributed by atoms with Crippen LogP contribution in [0, 0.1) is 11.6 Å². The Morgan fingerprint density at radius 1 is 1.29 bits per heavy atom. The average Bonchev–Trinajstić information content (AvgIpc) is 2.95. The topological polar surface area (TPSA) is 81.4 Å². The highest BCUT2D eigenvalue weighted by Crippen LogP contribution is 2.20. The van der Waals surface area contributed by atoms with Gasteiger partial charge in [0.2, 0.25) is 0 Å². The minimum absolute atomic E-state index is 0.142. The van der Waals surface area contributed by atoms with Crippen molar-refractivity contribution in [2.75, 3.05) is 6.61 Å². The summed E-state index contributed by atoms with van der Waals surface area (Å²) in [7, 11) is 0. The second-order valence-corrected chi connectivity index (χ2v) is 6.71. The molecule has 3 N–H and O–H groups in total. The number of thiophene rings is 1. The van der Waals surface area contributed by atoms with Gasteiger partial charge in [-0.15, -0.1) is 11.3 Å². The van der Waals surface area contributed by atoms with Crippen LogP contribution in [-0.4, -0.2) is 24.6 Å². The van der Waals surface area contributed by atoms with Gasteiger partial charge in [-0.05, 0) is 46.1 Å². The van der Waals surface area contributed by atoms with Gasteiger partial charge >= 0.3 is 6.09 Å². The van der Waals surface area contributed by atoms with E-state index in [2.05, 4.69) is 21.2 Å². The molecule has 0 aliphatic heterocycles. The first-order chi connectivity index (χ1) is 11.3. The molecule has 5 nitrogen and oxygen atoms in total. The number of primary amides is 1. The first-order valence-electron chi connectivity index (χ1n) is 6.76. The number of halogens is 3. The number of ether oxygens (including phenoxy) is 1. The molecule has 2 amide bonds. The molecule has 128 valence electrons. The smallest absolute Gasteiger partial charge is 0.404 e. The third-order valence-corrected chi connectivity index (χ3v) is 4.71. The summed E-state index contributed by atoms with van der Waals surface area (Å²) in [5.74, 6) is -2.32. The van der Waals surface area contributed by atoms with Crippen LogP contribution >= 0.6 is 27.3 Å². The first kappa shape index (κ1) is 18.3. The Morgan fingerprint density at radius 2 is 2.04 bits per heavy atom. The monoisotopic (exact) mass is 418 g/mol. The van der Waals surface area contributed by atoms with Crippen LogP contribution in [0.3, 0.4) is 0 Å². The van der Waals surface area contributed by atoms with Gasteiger partial charge in [0, 0.05) is 9.85 Å². The number of rotatable bonds is 6. The standard InChI is InChI=1S/C15H13BrF2N2O3S/c16-9-5-13(24-7-9)14(21)20-10(6-23-15(19)22)3-8-1-2-11(17)12(18)4-8/h1-2,4-5,7,10H,3,6H2,(H2,19,22)(H,20,21)/t10-/m0/s1. The number of nitrogens with one attached hydrogen (secondary N) is 1. The Labute approximate surface area is 148 Å². The average molecular weight is 419 g/mol. The molecule has 2 aromatic rings. The number of hydrogen-bond acceptors (Lipinski definition) is 4. The van der Waals surface area contributed by atoms with Gasteiger partial charge in [-0.2, -0.15) is 0 Å². The van der Waals surface area contributed by atoms with Crippen molar-refractivity contribution >= 4 is 39.3 Å². The lowest BCUT2D eigenvalue weighted by Gasteiger charge is -2.18. The predicted octanol–water partition coefficient (Wildman–Crippen LogP) is 3.23. The van der Waals surface area contributed by atoms with Crippen LogP contribution in [0.4, 0.5) is 13.6 Å². The van der Waals surface area contributed by atoms with Crippen LogP contribution in [0.15, 0.2) is 34.1 Å². The summed E-state index contributed by atoms with van der Waals surface area (Å²) in [6, 6.07) is 4.42. The lowest BCUT2D eigenvalue weighted by Crippen LogP contribution is -2.40. The van der Waals surface area contributed by atoms with Crippen molar-refractivity contribution < 1.29 is 23.1 Å². The minimum atomic E-state index is -0.990. The maximum Gasteiger partial charge on any atom is 0.404 e. The fourth-order valence-electron chi connectivity index (χ4n) is 1.97. The highest BCUT2D eigenvalue weighted by atomic mass is 79.9. The van der Waals surface area contributed by atoms with E-state index >= 15 is 0 Å². The Balaban J connectivity index is 2.09. The van der Waals surface area contributed by atoms with Crippen molar-refractivity contribution in [3.63, 3.8) is 0 Å². The summed E-state index contributed by atoms with van der Waals surface area (Å²) < 4.78 is 31.8. The van der Waals surface area contributed by atoms with Crippen LogP contribution in [0.2, 0.25) is 0 Å². The molecule has 1 atom stereocenters. The quantitative estimate of drug-likeness (QED) is 0.755. The molecule has 0 saturated carbocycles. The van der Waals surface area contributed by atoms with E-state index in [4.69, 9.17) is 10.5 Å². The fraction of sp³-hybridized carbons (Fsp3) is 0.200. The summed E-state index contributed by atoms with van der Waals surface area (Å²) in [4.78, 5) is 23.4. The fourth-order valence-corrected chi connectivity index (χ4v) is 3.30. The zero-order valence-electron chi connectivity index (χ0n) is 12.2. The summed E-state index contributed by atoms with van der Waals surface area (Å²) in [6.45, 7) is -0.188. The molecule has 0 spiro atoms. The van der Waals surface area contributed by atoms with E-state index in [1.165, 1.54) is 17.4 Å². The maximum atomic E-state index is 13.3. The highest BCUT2D eigenvalue weighted by Gasteiger charge is 2.18. The van der Waals surface area contributed by atoms with Gasteiger partial charge < -0.3 is 15.8 Å². The zero-order chi connectivity index (χ0) is 17.7. The molecular weight excluding hydrogens is 406 g/mol. The molecule has 0 unspecified atom stereocenters. The minimum Gasteiger partial charge on any atom is -0.448 e. The van der Waals surface area contributed by atoms with Gasteiger partial charge in [-0.1, -0.05) is 6.07 Å². The van der Waals surface area contributed by atoms with Crippen LogP contribution in [-0.2, 0) is 11.2 Å². The molecule has 0 bridgehead atoms. The SMILES string of the molecule is NC(=O)OC[C@H](Cc1ccc(F)c(F)c1)NC(=O)c1cc(Br)cs1. The van der Waals surface area contributed by atoms with Crippen LogP contribution in [0.1, 0.15) is 15.2 Å². The molecule has 1 aromatic heterocycles. The van der Waals surface area contributed by atoms with E-state index < -0.39 is 23.8 Å². The molecule has 24 heavy (non-hydrogen) atoms. The molecule has 0 fully saturated rings. The van der Waals surface area contributed by atoms with Gasteiger partial charge in [0.15, 0.2) is 11.6 Å². The third kappa shape index (κ3) is 5.27. The van der Waals surface area contributed by atoms with Gasteiger partial charge in [0.25, 0.3) is 5.91 Å². The predicted molar refractivity (Wildman–Crippen MR) is 88.9 cm³/mol. The van der Waals surface area contributed by atoms with E-state index in [1.807, 2.05) is 0 Å². The Hall–Kier alpha value is -2.00. The van der Waals surface area contributed by atoms with Crippen molar-refractivity contribution in [1.29, 1.82) is 0 Å². The number of benzene rings is 1. The molecular formula is C15H13BrF2N2O3S. The molecule has 0 saturated heterocycles. The van der Waals surface area contributed by atoms with Crippen LogP contribution in [0.5, 0.6) is 0 Å². The number of carbonyl (C=O) groups is 2. The molecule has 0 aliphatic carbocycles. The van der Waals surface area contributed by atoms with Gasteiger partial charge in [-0.25, -0.2) is 13.6 Å². The Morgan fingerprint density at radius 3 is 2.62 bits per heavy atom. The number of amides is 2. The van der Waals surface area contributed by atoms with Crippen molar-refractivity contribution in [3.05, 3.63) is 56.2 Å². The number of hydrogen-bond donors (Lipinski definition) is 2. The van der Waals surface area contributed by atoms with E-state index in [-0.39, 0.29) is 18.9 Å². The maximum absolute atomic E-state index is 13.3. The first-order valence-corrected chi connectivity index (χ1v) is 8.43. The second kappa shape index (κ2) is 8.20. The molecule has 0 radical (unpaired) electrons. The van der Waals surface area contributed by atoms with Crippen LogP contribution in [0.25, 0.3) is 0 Å². The highest BCUT2D eigenvalue weighted by molar-refractivity contribution is 9.10. The van der Waals surface area contributed by atoms with E-state index in [1.54, 1.807) is 11.4 Å². The summed E-state index contributed by atoms with van der Waals surface area (Å²) in [5, 5.41) is 4.44. The largest absolute Gasteiger partial charge is 0.448 e. The summed E-state index contributed by atoms with van der Waals surface area (Å²) in [6.07, 6.45) is -0.846. The van der Waals surface area contributed by atoms with Crippen molar-refractivity contribution in [3.8, 4) is 0 Å². The normalized spacial score (nSPS) is 11.8. The molecule has 0 aliphatic rings. The van der Waals surface area contributed by atoms with Gasteiger partial charge in [0.05, 0.1) is 10.9 Å². The van der Waals surface area contributed by atoms with Crippen molar-refractivity contribution in [1.82, 2.24) is 5.32 Å². The lowest BCUT2D eigenvalue weighted by atomic mass is 10.1. The van der Waals surface area contributed by atoms with Crippen molar-refractivity contribution in [2.45, 2.75) is 12.5 Å². The second-order valence-electron chi connectivity index (χ2n) is 4.88. The van der Waals surface area contributed by atoms with E-state index in [9.17, 15) is 18.4 Å². The van der Waals surface area contributed by atoms with E-state index in [0.717, 1.165) is 16.6 Å². The third-order valence-electron chi connectivity index (χ3n) is 3.02. The molecule has 2 rings (SSSR count). The van der Waals surface area contributed by atoms with Crippen molar-refractivity contribution in [2.24, 2.45) is 5.73 Å². The number of carbonyl (C=O) groups excluding carboxylic acids is 2. The zero-order valence-corrected chi connectivity index (χ0v) is 14.6. The molecule has 1 aromatic carbocycles. The lowest BCUT2D eigenvalue weighted by molar-refractivity contribution is 0.0903. The Bertz CT molecular complexity index is 754. The summed E-state index contributed by atoms with van der Waals surface area (Å²) in [5.41, 5.74) is 5.38. The van der Waals surface area contributed by atoms with Crippen LogP contribution < -0.4 is 11.1 Å². The Kier molecular flexibility index (Phi) is 6.27. The van der Waals surface area contributed by atoms with Gasteiger partial charge in [-0.3, -0.25) is 4.79 Å². The number of nitrogens with two attached hydrogens (primary N) is 1. The summed E-state index contributed by atoms with van der Waals surface area (Å²) >= 11 is 4.49. The molecule has 9 heteroatoms. The molecule has 1 heterocycles. The van der Waals surface area contributed by atoms with E-state index in [0.29, 0.717) is 10.4 Å².